The number of hydrogen-bond acceptors (Lipinski definition) is 1. The van der Waals surface area contributed by atoms with E-state index in [4.69, 9.17) is 0 Å². The van der Waals surface area contributed by atoms with Crippen molar-refractivity contribution in [3.63, 3.8) is 0 Å². The Labute approximate surface area is 131 Å². The third-order valence-electron chi connectivity index (χ3n) is 3.07. The number of benzene rings is 2. The number of rotatable bonds is 2. The second-order valence-electron chi connectivity index (χ2n) is 5.13. The monoisotopic (exact) mass is 285 g/mol. The predicted octanol–water partition coefficient (Wildman–Crippen LogP) is 5.56. The van der Waals surface area contributed by atoms with Gasteiger partial charge in [-0.25, -0.2) is 0 Å². The molecule has 0 atom stereocenters. The molecular formula is C20H31N. The Hall–Kier alpha value is -1.60. The molecule has 0 saturated carbocycles. The molecule has 0 aliphatic heterocycles. The summed E-state index contributed by atoms with van der Waals surface area (Å²) < 4.78 is 0. The summed E-state index contributed by atoms with van der Waals surface area (Å²) in [6.07, 6.45) is 0. The van der Waals surface area contributed by atoms with Gasteiger partial charge in [0.1, 0.15) is 0 Å². The summed E-state index contributed by atoms with van der Waals surface area (Å²) in [6.45, 7) is 11.5. The largest absolute Gasteiger partial charge is 0.310 e. The highest BCUT2D eigenvalue weighted by molar-refractivity contribution is 5.63. The molecule has 0 fully saturated rings. The Bertz CT molecular complexity index is 423. The van der Waals surface area contributed by atoms with Crippen molar-refractivity contribution in [3.05, 3.63) is 59.7 Å². The van der Waals surface area contributed by atoms with Crippen LogP contribution in [0, 0.1) is 13.8 Å². The van der Waals surface area contributed by atoms with Crippen LogP contribution in [0.5, 0.6) is 0 Å². The van der Waals surface area contributed by atoms with Gasteiger partial charge in [-0.2, -0.15) is 0 Å². The lowest BCUT2D eigenvalue weighted by atomic mass is 10.0. The molecule has 21 heavy (non-hydrogen) atoms. The zero-order chi connectivity index (χ0) is 16.3. The molecule has 2 rings (SSSR count). The van der Waals surface area contributed by atoms with Crippen molar-refractivity contribution >= 4 is 0 Å². The summed E-state index contributed by atoms with van der Waals surface area (Å²) in [7, 11) is 4.11. The fraction of sp³-hybridized carbons (Fsp3) is 0.400. The number of nitrogens with zero attached hydrogens (tertiary/aromatic N) is 1. The van der Waals surface area contributed by atoms with Gasteiger partial charge in [0.2, 0.25) is 0 Å². The third kappa shape index (κ3) is 8.31. The normalized spacial score (nSPS) is 9.33. The first-order valence-electron chi connectivity index (χ1n) is 7.81. The second-order valence-corrected chi connectivity index (χ2v) is 5.13. The minimum absolute atomic E-state index is 1.14. The van der Waals surface area contributed by atoms with Crippen LogP contribution in [0.3, 0.4) is 0 Å². The summed E-state index contributed by atoms with van der Waals surface area (Å²) in [5, 5.41) is 0. The van der Waals surface area contributed by atoms with Crippen LogP contribution in [-0.4, -0.2) is 25.5 Å². The maximum atomic E-state index is 2.17. The molecule has 0 aliphatic carbocycles. The Morgan fingerprint density at radius 2 is 0.905 bits per heavy atom. The summed E-state index contributed by atoms with van der Waals surface area (Å²) in [5.41, 5.74) is 5.19. The van der Waals surface area contributed by atoms with Crippen LogP contribution in [0.4, 0.5) is 0 Å². The number of aryl methyl sites for hydroxylation is 2. The number of hydrogen-bond donors (Lipinski definition) is 0. The van der Waals surface area contributed by atoms with Gasteiger partial charge in [0.25, 0.3) is 0 Å². The van der Waals surface area contributed by atoms with Crippen molar-refractivity contribution < 1.29 is 0 Å². The predicted molar refractivity (Wildman–Crippen MR) is 96.9 cm³/mol. The summed E-state index contributed by atoms with van der Waals surface area (Å²) in [4.78, 5) is 2.12. The van der Waals surface area contributed by atoms with Crippen LogP contribution in [0.1, 0.15) is 31.9 Å². The van der Waals surface area contributed by atoms with Gasteiger partial charge in [-0.1, -0.05) is 80.4 Å². The van der Waals surface area contributed by atoms with Crippen LogP contribution in [0.2, 0.25) is 0 Å². The molecule has 0 aliphatic rings. The van der Waals surface area contributed by atoms with Crippen molar-refractivity contribution in [1.82, 2.24) is 4.90 Å². The van der Waals surface area contributed by atoms with Crippen molar-refractivity contribution in [2.75, 3.05) is 20.6 Å². The van der Waals surface area contributed by atoms with Gasteiger partial charge in [0.05, 0.1) is 0 Å². The van der Waals surface area contributed by atoms with Gasteiger partial charge in [-0.3, -0.25) is 0 Å². The molecular weight excluding hydrogens is 254 g/mol. The van der Waals surface area contributed by atoms with E-state index in [9.17, 15) is 0 Å². The lowest BCUT2D eigenvalue weighted by Crippen LogP contribution is -2.08. The SMILES string of the molecule is CC.CCN(C)C.Cc1ccc(-c2ccc(C)cc2)cc1. The van der Waals surface area contributed by atoms with Crippen LogP contribution < -0.4 is 0 Å². The van der Waals surface area contributed by atoms with Gasteiger partial charge >= 0.3 is 0 Å². The summed E-state index contributed by atoms with van der Waals surface area (Å²) in [5.74, 6) is 0. The van der Waals surface area contributed by atoms with Gasteiger partial charge in [0.15, 0.2) is 0 Å². The zero-order valence-electron chi connectivity index (χ0n) is 14.8. The highest BCUT2D eigenvalue weighted by atomic mass is 15.0. The van der Waals surface area contributed by atoms with Crippen LogP contribution in [0.15, 0.2) is 48.5 Å². The van der Waals surface area contributed by atoms with Crippen molar-refractivity contribution in [2.45, 2.75) is 34.6 Å². The lowest BCUT2D eigenvalue weighted by Gasteiger charge is -2.02. The second kappa shape index (κ2) is 11.1. The fourth-order valence-corrected chi connectivity index (χ4v) is 1.49. The molecule has 0 N–H and O–H groups in total. The topological polar surface area (TPSA) is 3.24 Å². The third-order valence-corrected chi connectivity index (χ3v) is 3.07. The van der Waals surface area contributed by atoms with E-state index in [0.29, 0.717) is 0 Å². The Morgan fingerprint density at radius 1 is 0.667 bits per heavy atom. The molecule has 0 aromatic heterocycles. The molecule has 0 spiro atoms. The van der Waals surface area contributed by atoms with E-state index in [-0.39, 0.29) is 0 Å². The molecule has 1 nitrogen and oxygen atoms in total. The van der Waals surface area contributed by atoms with Crippen LogP contribution in [0.25, 0.3) is 11.1 Å². The van der Waals surface area contributed by atoms with E-state index in [1.807, 2.05) is 13.8 Å². The molecule has 0 amide bonds. The molecule has 0 unspecified atom stereocenters. The van der Waals surface area contributed by atoms with E-state index >= 15 is 0 Å². The average Bonchev–Trinajstić information content (AvgIpc) is 2.51. The molecule has 2 aromatic carbocycles. The Balaban J connectivity index is 0.000000489. The minimum Gasteiger partial charge on any atom is -0.310 e. The first-order chi connectivity index (χ1) is 10.0. The van der Waals surface area contributed by atoms with E-state index in [0.717, 1.165) is 6.54 Å². The average molecular weight is 285 g/mol. The Morgan fingerprint density at radius 3 is 1.10 bits per heavy atom. The first-order valence-corrected chi connectivity index (χ1v) is 7.81. The molecule has 116 valence electrons. The smallest absolute Gasteiger partial charge is 0.00533 e. The maximum absolute atomic E-state index is 2.17. The van der Waals surface area contributed by atoms with Crippen molar-refractivity contribution in [1.29, 1.82) is 0 Å². The first kappa shape index (κ1) is 19.4. The van der Waals surface area contributed by atoms with Gasteiger partial charge in [0, 0.05) is 0 Å². The van der Waals surface area contributed by atoms with E-state index in [1.54, 1.807) is 0 Å². The van der Waals surface area contributed by atoms with Crippen molar-refractivity contribution in [2.24, 2.45) is 0 Å². The lowest BCUT2D eigenvalue weighted by molar-refractivity contribution is 0.434. The summed E-state index contributed by atoms with van der Waals surface area (Å²) >= 11 is 0. The maximum Gasteiger partial charge on any atom is -0.00533 e. The molecule has 0 heterocycles. The molecule has 2 aromatic rings. The van der Waals surface area contributed by atoms with Gasteiger partial charge in [-0.15, -0.1) is 0 Å². The highest BCUT2D eigenvalue weighted by Crippen LogP contribution is 2.19. The highest BCUT2D eigenvalue weighted by Gasteiger charge is 1.95. The zero-order valence-corrected chi connectivity index (χ0v) is 14.8. The van der Waals surface area contributed by atoms with Crippen LogP contribution in [-0.2, 0) is 0 Å². The van der Waals surface area contributed by atoms with Crippen molar-refractivity contribution in [3.8, 4) is 11.1 Å². The van der Waals surface area contributed by atoms with Gasteiger partial charge in [-0.05, 0) is 45.6 Å². The quantitative estimate of drug-likeness (QED) is 0.697. The Kier molecular flexibility index (Phi) is 10.3. The van der Waals surface area contributed by atoms with Gasteiger partial charge < -0.3 is 4.90 Å². The molecule has 1 heteroatoms. The van der Waals surface area contributed by atoms with E-state index < -0.39 is 0 Å². The molecule has 0 radical (unpaired) electrons. The molecule has 0 saturated heterocycles. The summed E-state index contributed by atoms with van der Waals surface area (Å²) in [6, 6.07) is 17.3. The minimum atomic E-state index is 1.14. The molecule has 0 bridgehead atoms. The standard InChI is InChI=1S/C14H14.C4H11N.C2H6/c1-11-3-7-13(8-4-11)14-9-5-12(2)6-10-14;1-4-5(2)3;1-2/h3-10H,1-2H3;4H2,1-3H3;1-2H3. The fourth-order valence-electron chi connectivity index (χ4n) is 1.49. The van der Waals surface area contributed by atoms with Crippen LogP contribution >= 0.6 is 0 Å². The van der Waals surface area contributed by atoms with E-state index in [2.05, 4.69) is 88.3 Å². The van der Waals surface area contributed by atoms with E-state index in [1.165, 1.54) is 22.3 Å².